The van der Waals surface area contributed by atoms with Crippen LogP contribution in [0.1, 0.15) is 24.0 Å². The number of fused-ring (bicyclic) bond motifs is 2. The lowest BCUT2D eigenvalue weighted by Gasteiger charge is -2.54. The summed E-state index contributed by atoms with van der Waals surface area (Å²) in [6.45, 7) is 0.275. The lowest BCUT2D eigenvalue weighted by atomic mass is 10.0. The number of carboxylic acid groups (broad SMARTS) is 1. The van der Waals surface area contributed by atoms with Gasteiger partial charge in [-0.25, -0.2) is 9.80 Å². The van der Waals surface area contributed by atoms with E-state index < -0.39 is 36.0 Å². The summed E-state index contributed by atoms with van der Waals surface area (Å²) in [5.74, 6) is 1.77. The fourth-order valence-electron chi connectivity index (χ4n) is 5.23. The van der Waals surface area contributed by atoms with Crippen molar-refractivity contribution in [3.05, 3.63) is 59.7 Å². The Morgan fingerprint density at radius 2 is 1.85 bits per heavy atom. The second-order valence-corrected chi connectivity index (χ2v) is 9.65. The first-order valence-corrected chi connectivity index (χ1v) is 12.8. The van der Waals surface area contributed by atoms with E-state index in [2.05, 4.69) is 11.2 Å². The van der Waals surface area contributed by atoms with Crippen LogP contribution in [0, 0.1) is 12.3 Å². The maximum atomic E-state index is 13.7. The summed E-state index contributed by atoms with van der Waals surface area (Å²) in [6.07, 6.45) is 4.27. The number of benzene rings is 2. The average molecular weight is 548 g/mol. The highest BCUT2D eigenvalue weighted by Crippen LogP contribution is 2.34. The van der Waals surface area contributed by atoms with Gasteiger partial charge < -0.3 is 29.7 Å². The summed E-state index contributed by atoms with van der Waals surface area (Å²) in [5.41, 5.74) is 1.64. The van der Waals surface area contributed by atoms with E-state index in [1.54, 1.807) is 18.2 Å². The quantitative estimate of drug-likeness (QED) is 0.472. The van der Waals surface area contributed by atoms with Crippen molar-refractivity contribution in [2.75, 3.05) is 26.4 Å². The lowest BCUT2D eigenvalue weighted by Crippen LogP contribution is -2.76. The number of piperazine rings is 1. The van der Waals surface area contributed by atoms with Gasteiger partial charge in [-0.15, -0.1) is 6.42 Å². The molecule has 40 heavy (non-hydrogen) atoms. The second-order valence-electron chi connectivity index (χ2n) is 9.65. The Balaban J connectivity index is 1.45. The second kappa shape index (κ2) is 11.5. The first kappa shape index (κ1) is 26.8. The number of terminal acetylenes is 1. The van der Waals surface area contributed by atoms with Gasteiger partial charge in [0.1, 0.15) is 12.2 Å². The van der Waals surface area contributed by atoms with Gasteiger partial charge in [-0.05, 0) is 29.7 Å². The molecule has 0 spiro atoms. The average Bonchev–Trinajstić information content (AvgIpc) is 3.41. The predicted molar refractivity (Wildman–Crippen MR) is 140 cm³/mol. The monoisotopic (exact) mass is 547 g/mol. The van der Waals surface area contributed by atoms with E-state index in [0.29, 0.717) is 11.5 Å². The molecule has 2 aromatic carbocycles. The lowest BCUT2D eigenvalue weighted by molar-refractivity contribution is -0.190. The number of nitrogens with zero attached hydrogens (tertiary/aromatic N) is 4. The molecule has 0 unspecified atom stereocenters. The first-order chi connectivity index (χ1) is 19.4. The van der Waals surface area contributed by atoms with Gasteiger partial charge in [0.15, 0.2) is 11.5 Å². The minimum absolute atomic E-state index is 0.00240. The minimum atomic E-state index is -1.09. The Labute approximate surface area is 231 Å². The van der Waals surface area contributed by atoms with Gasteiger partial charge in [-0.2, -0.15) is 5.01 Å². The molecule has 12 nitrogen and oxygen atoms in total. The maximum absolute atomic E-state index is 13.7. The van der Waals surface area contributed by atoms with Crippen molar-refractivity contribution in [2.45, 2.75) is 38.1 Å². The third kappa shape index (κ3) is 5.50. The summed E-state index contributed by atoms with van der Waals surface area (Å²) < 4.78 is 10.8. The SMILES string of the molecule is C#CCN1CC(=O)N2[C@@H](CCC(=O)O)C(=O)N(Cc3ccc4c(c3)OCO4)C[C@@H]2N1C(=O)NCc1ccccc1. The fourth-order valence-corrected chi connectivity index (χ4v) is 5.23. The van der Waals surface area contributed by atoms with E-state index in [1.807, 2.05) is 30.3 Å². The minimum Gasteiger partial charge on any atom is -0.481 e. The van der Waals surface area contributed by atoms with Gasteiger partial charge in [-0.3, -0.25) is 14.4 Å². The molecular weight excluding hydrogens is 518 g/mol. The standard InChI is InChI=1S/C28H29N5O7/c1-2-12-31-17-25(34)32-21(9-11-26(35)36)27(37)30(15-20-8-10-22-23(13-20)40-18-39-22)16-24(32)33(31)28(38)29-14-19-6-4-3-5-7-19/h1,3-8,10,13,21,24H,9,11-12,14-18H2,(H,29,38)(H,35,36)/t21-,24-/m0/s1. The summed E-state index contributed by atoms with van der Waals surface area (Å²) >= 11 is 0. The number of carbonyl (C=O) groups excluding carboxylic acids is 3. The van der Waals surface area contributed by atoms with E-state index in [-0.39, 0.29) is 52.4 Å². The number of carboxylic acids is 1. The highest BCUT2D eigenvalue weighted by atomic mass is 16.7. The molecule has 2 saturated heterocycles. The normalized spacial score (nSPS) is 20.2. The van der Waals surface area contributed by atoms with Crippen molar-refractivity contribution >= 4 is 23.8 Å². The van der Waals surface area contributed by atoms with Gasteiger partial charge in [-0.1, -0.05) is 42.3 Å². The summed E-state index contributed by atoms with van der Waals surface area (Å²) in [6, 6.07) is 13.1. The molecule has 0 aliphatic carbocycles. The molecule has 0 radical (unpaired) electrons. The van der Waals surface area contributed by atoms with E-state index >= 15 is 0 Å². The van der Waals surface area contributed by atoms with Crippen molar-refractivity contribution in [3.63, 3.8) is 0 Å². The molecule has 2 atom stereocenters. The topological polar surface area (TPSA) is 132 Å². The number of ether oxygens (including phenoxy) is 2. The Morgan fingerprint density at radius 3 is 2.60 bits per heavy atom. The Morgan fingerprint density at radius 1 is 1.07 bits per heavy atom. The van der Waals surface area contributed by atoms with E-state index in [0.717, 1.165) is 11.1 Å². The molecule has 2 aromatic rings. The Kier molecular flexibility index (Phi) is 7.75. The Bertz CT molecular complexity index is 1340. The van der Waals surface area contributed by atoms with Gasteiger partial charge in [0.05, 0.1) is 19.6 Å². The number of carbonyl (C=O) groups is 4. The number of hydrogen-bond acceptors (Lipinski definition) is 7. The molecule has 4 amide bonds. The molecule has 3 aliphatic heterocycles. The van der Waals surface area contributed by atoms with Crippen LogP contribution in [-0.2, 0) is 27.5 Å². The zero-order valence-corrected chi connectivity index (χ0v) is 21.7. The number of hydrogen-bond donors (Lipinski definition) is 2. The molecule has 12 heteroatoms. The third-order valence-electron chi connectivity index (χ3n) is 7.04. The number of nitrogens with one attached hydrogen (secondary N) is 1. The highest BCUT2D eigenvalue weighted by molar-refractivity contribution is 5.91. The zero-order chi connectivity index (χ0) is 28.2. The van der Waals surface area contributed by atoms with Crippen LogP contribution in [0.25, 0.3) is 0 Å². The summed E-state index contributed by atoms with van der Waals surface area (Å²) in [5, 5.41) is 15.1. The van der Waals surface area contributed by atoms with E-state index in [9.17, 15) is 24.3 Å². The molecule has 0 saturated carbocycles. The number of rotatable bonds is 8. The van der Waals surface area contributed by atoms with Crippen molar-refractivity contribution in [2.24, 2.45) is 0 Å². The van der Waals surface area contributed by atoms with Crippen molar-refractivity contribution < 1.29 is 33.8 Å². The van der Waals surface area contributed by atoms with Gasteiger partial charge >= 0.3 is 12.0 Å². The zero-order valence-electron chi connectivity index (χ0n) is 21.7. The molecule has 3 heterocycles. The van der Waals surface area contributed by atoms with Crippen LogP contribution in [0.15, 0.2) is 48.5 Å². The van der Waals surface area contributed by atoms with E-state index in [1.165, 1.54) is 19.8 Å². The molecule has 2 fully saturated rings. The van der Waals surface area contributed by atoms with Gasteiger partial charge in [0, 0.05) is 19.5 Å². The molecule has 0 aromatic heterocycles. The first-order valence-electron chi connectivity index (χ1n) is 12.8. The van der Waals surface area contributed by atoms with Crippen LogP contribution >= 0.6 is 0 Å². The third-order valence-corrected chi connectivity index (χ3v) is 7.04. The van der Waals surface area contributed by atoms with Crippen LogP contribution in [0.5, 0.6) is 11.5 Å². The number of hydrazine groups is 1. The van der Waals surface area contributed by atoms with E-state index in [4.69, 9.17) is 15.9 Å². The largest absolute Gasteiger partial charge is 0.481 e. The highest BCUT2D eigenvalue weighted by Gasteiger charge is 2.51. The van der Waals surface area contributed by atoms with Crippen LogP contribution in [-0.4, -0.2) is 87.4 Å². The smallest absolute Gasteiger partial charge is 0.334 e. The molecular formula is C28H29N5O7. The van der Waals surface area contributed by atoms with Crippen LogP contribution in [0.2, 0.25) is 0 Å². The van der Waals surface area contributed by atoms with Crippen molar-refractivity contribution in [1.82, 2.24) is 25.1 Å². The molecule has 5 rings (SSSR count). The molecule has 208 valence electrons. The molecule has 0 bridgehead atoms. The number of aliphatic carboxylic acids is 1. The predicted octanol–water partition coefficient (Wildman–Crippen LogP) is 1.22. The number of amides is 4. The van der Waals surface area contributed by atoms with Crippen molar-refractivity contribution in [3.8, 4) is 23.8 Å². The van der Waals surface area contributed by atoms with Gasteiger partial charge in [0.25, 0.3) is 0 Å². The van der Waals surface area contributed by atoms with Crippen LogP contribution in [0.4, 0.5) is 4.79 Å². The number of urea groups is 1. The van der Waals surface area contributed by atoms with Crippen LogP contribution < -0.4 is 14.8 Å². The van der Waals surface area contributed by atoms with Crippen LogP contribution in [0.3, 0.4) is 0 Å². The summed E-state index contributed by atoms with van der Waals surface area (Å²) in [4.78, 5) is 55.0. The summed E-state index contributed by atoms with van der Waals surface area (Å²) in [7, 11) is 0. The molecule has 2 N–H and O–H groups in total. The van der Waals surface area contributed by atoms with Gasteiger partial charge in [0.2, 0.25) is 18.6 Å². The fraction of sp³-hybridized carbons (Fsp3) is 0.357. The Hall–Kier alpha value is -4.76. The van der Waals surface area contributed by atoms with Crippen molar-refractivity contribution in [1.29, 1.82) is 0 Å². The maximum Gasteiger partial charge on any atom is 0.334 e. The molecule has 3 aliphatic rings.